The van der Waals surface area contributed by atoms with E-state index in [-0.39, 0.29) is 5.91 Å². The Hall–Kier alpha value is -3.60. The zero-order valence-corrected chi connectivity index (χ0v) is 15.5. The van der Waals surface area contributed by atoms with Crippen LogP contribution in [-0.4, -0.2) is 29.5 Å². The average molecular weight is 369 g/mol. The number of amides is 1. The van der Waals surface area contributed by atoms with Crippen LogP contribution in [-0.2, 0) is 6.42 Å². The van der Waals surface area contributed by atoms with Gasteiger partial charge in [0.25, 0.3) is 5.91 Å². The van der Waals surface area contributed by atoms with Gasteiger partial charge in [0.1, 0.15) is 11.4 Å². The molecule has 2 aromatic heterocycles. The van der Waals surface area contributed by atoms with Gasteiger partial charge in [0.15, 0.2) is 0 Å². The molecule has 5 heteroatoms. The molecule has 0 spiro atoms. The van der Waals surface area contributed by atoms with Crippen molar-refractivity contribution >= 4 is 22.5 Å². The molecule has 0 saturated carbocycles. The van der Waals surface area contributed by atoms with Crippen molar-refractivity contribution in [3.05, 3.63) is 78.2 Å². The average Bonchev–Trinajstić information content (AvgIpc) is 3.37. The van der Waals surface area contributed by atoms with Gasteiger partial charge in [-0.15, -0.1) is 0 Å². The molecule has 5 rings (SSSR count). The topological polar surface area (TPSA) is 58.2 Å². The summed E-state index contributed by atoms with van der Waals surface area (Å²) in [6, 6.07) is 17.9. The largest absolute Gasteiger partial charge is 0.497 e. The molecule has 0 radical (unpaired) electrons. The molecule has 1 aliphatic rings. The smallest absolute Gasteiger partial charge is 0.274 e. The Morgan fingerprint density at radius 2 is 1.89 bits per heavy atom. The number of anilines is 1. The standard InChI is InChI=1S/C23H19N3O2/c1-28-19-4-2-17-13-21(25-20(17)14-19)23(27)26-11-8-18-12-16(3-5-22(18)26)15-6-9-24-10-7-15/h2-7,9-10,12-14,25H,8,11H2,1H3. The quantitative estimate of drug-likeness (QED) is 0.581. The van der Waals surface area contributed by atoms with Crippen LogP contribution in [0.5, 0.6) is 5.75 Å². The van der Waals surface area contributed by atoms with E-state index in [1.807, 2.05) is 47.4 Å². The first kappa shape index (κ1) is 16.6. The molecule has 0 fully saturated rings. The second-order valence-electron chi connectivity index (χ2n) is 6.92. The molecule has 1 amide bonds. The molecule has 28 heavy (non-hydrogen) atoms. The first-order valence-electron chi connectivity index (χ1n) is 9.25. The number of aromatic amines is 1. The third-order valence-corrected chi connectivity index (χ3v) is 5.29. The summed E-state index contributed by atoms with van der Waals surface area (Å²) in [5, 5.41) is 0.997. The number of carbonyl (C=O) groups is 1. The maximum atomic E-state index is 13.1. The number of fused-ring (bicyclic) bond motifs is 2. The van der Waals surface area contributed by atoms with Gasteiger partial charge in [0, 0.05) is 41.6 Å². The van der Waals surface area contributed by atoms with Crippen molar-refractivity contribution in [2.24, 2.45) is 0 Å². The van der Waals surface area contributed by atoms with Crippen LogP contribution < -0.4 is 9.64 Å². The van der Waals surface area contributed by atoms with Crippen molar-refractivity contribution in [1.29, 1.82) is 0 Å². The van der Waals surface area contributed by atoms with Gasteiger partial charge in [0.05, 0.1) is 7.11 Å². The lowest BCUT2D eigenvalue weighted by Crippen LogP contribution is -2.29. The highest BCUT2D eigenvalue weighted by Gasteiger charge is 2.27. The first-order valence-corrected chi connectivity index (χ1v) is 9.25. The molecule has 3 heterocycles. The van der Waals surface area contributed by atoms with Crippen molar-refractivity contribution < 1.29 is 9.53 Å². The Labute approximate surface area is 162 Å². The number of aromatic nitrogens is 2. The Kier molecular flexibility index (Phi) is 3.86. The third kappa shape index (κ3) is 2.72. The number of nitrogens with zero attached hydrogens (tertiary/aromatic N) is 2. The molecule has 0 bridgehead atoms. The minimum Gasteiger partial charge on any atom is -0.497 e. The molecule has 0 unspecified atom stereocenters. The maximum Gasteiger partial charge on any atom is 0.274 e. The Morgan fingerprint density at radius 1 is 1.04 bits per heavy atom. The number of benzene rings is 2. The number of hydrogen-bond acceptors (Lipinski definition) is 3. The molecular formula is C23H19N3O2. The van der Waals surface area contributed by atoms with Gasteiger partial charge in [-0.25, -0.2) is 0 Å². The fourth-order valence-electron chi connectivity index (χ4n) is 3.83. The summed E-state index contributed by atoms with van der Waals surface area (Å²) < 4.78 is 5.27. The van der Waals surface area contributed by atoms with Gasteiger partial charge in [0.2, 0.25) is 0 Å². The normalized spacial score (nSPS) is 13.0. The summed E-state index contributed by atoms with van der Waals surface area (Å²) in [5.41, 5.74) is 5.95. The number of ether oxygens (including phenoxy) is 1. The second-order valence-corrected chi connectivity index (χ2v) is 6.92. The minimum absolute atomic E-state index is 0.00872. The van der Waals surface area contributed by atoms with E-state index in [0.717, 1.165) is 39.9 Å². The van der Waals surface area contributed by atoms with Crippen molar-refractivity contribution in [2.75, 3.05) is 18.6 Å². The minimum atomic E-state index is -0.00872. The van der Waals surface area contributed by atoms with Gasteiger partial charge >= 0.3 is 0 Å². The van der Waals surface area contributed by atoms with Gasteiger partial charge < -0.3 is 14.6 Å². The van der Waals surface area contributed by atoms with E-state index in [2.05, 4.69) is 22.1 Å². The molecule has 0 saturated heterocycles. The monoisotopic (exact) mass is 369 g/mol. The van der Waals surface area contributed by atoms with Crippen LogP contribution in [0.15, 0.2) is 67.0 Å². The van der Waals surface area contributed by atoms with E-state index in [4.69, 9.17) is 4.74 Å². The van der Waals surface area contributed by atoms with E-state index in [9.17, 15) is 4.79 Å². The highest BCUT2D eigenvalue weighted by Crippen LogP contribution is 2.33. The Morgan fingerprint density at radius 3 is 2.71 bits per heavy atom. The molecule has 0 aliphatic carbocycles. The number of methoxy groups -OCH3 is 1. The van der Waals surface area contributed by atoms with Crippen molar-refractivity contribution in [2.45, 2.75) is 6.42 Å². The van der Waals surface area contributed by atoms with Crippen LogP contribution in [0.3, 0.4) is 0 Å². The second kappa shape index (κ2) is 6.53. The van der Waals surface area contributed by atoms with E-state index in [0.29, 0.717) is 12.2 Å². The summed E-state index contributed by atoms with van der Waals surface area (Å²) in [6.07, 6.45) is 4.45. The zero-order valence-electron chi connectivity index (χ0n) is 15.5. The third-order valence-electron chi connectivity index (χ3n) is 5.29. The molecular weight excluding hydrogens is 350 g/mol. The SMILES string of the molecule is COc1ccc2cc(C(=O)N3CCc4cc(-c5ccncc5)ccc43)[nH]c2c1. The molecule has 2 aromatic carbocycles. The summed E-state index contributed by atoms with van der Waals surface area (Å²) >= 11 is 0. The number of pyridine rings is 1. The molecule has 138 valence electrons. The number of nitrogens with one attached hydrogen (secondary N) is 1. The van der Waals surface area contributed by atoms with E-state index < -0.39 is 0 Å². The molecule has 5 nitrogen and oxygen atoms in total. The zero-order chi connectivity index (χ0) is 19.1. The number of hydrogen-bond donors (Lipinski definition) is 1. The summed E-state index contributed by atoms with van der Waals surface area (Å²) in [6.45, 7) is 0.687. The lowest BCUT2D eigenvalue weighted by atomic mass is 10.0. The summed E-state index contributed by atoms with van der Waals surface area (Å²) in [7, 11) is 1.64. The maximum absolute atomic E-state index is 13.1. The number of H-pyrrole nitrogens is 1. The summed E-state index contributed by atoms with van der Waals surface area (Å²) in [5.74, 6) is 0.758. The highest BCUT2D eigenvalue weighted by atomic mass is 16.5. The molecule has 1 N–H and O–H groups in total. The lowest BCUT2D eigenvalue weighted by Gasteiger charge is -2.16. The molecule has 4 aromatic rings. The van der Waals surface area contributed by atoms with Crippen LogP contribution in [0, 0.1) is 0 Å². The molecule has 1 aliphatic heterocycles. The van der Waals surface area contributed by atoms with Crippen LogP contribution in [0.1, 0.15) is 16.1 Å². The lowest BCUT2D eigenvalue weighted by molar-refractivity contribution is 0.0985. The van der Waals surface area contributed by atoms with Crippen molar-refractivity contribution in [3.63, 3.8) is 0 Å². The fourth-order valence-corrected chi connectivity index (χ4v) is 3.83. The van der Waals surface area contributed by atoms with E-state index in [1.165, 1.54) is 5.56 Å². The van der Waals surface area contributed by atoms with E-state index in [1.54, 1.807) is 19.5 Å². The van der Waals surface area contributed by atoms with E-state index >= 15 is 0 Å². The van der Waals surface area contributed by atoms with Crippen molar-refractivity contribution in [3.8, 4) is 16.9 Å². The van der Waals surface area contributed by atoms with Crippen molar-refractivity contribution in [1.82, 2.24) is 9.97 Å². The van der Waals surface area contributed by atoms with Crippen LogP contribution in [0.25, 0.3) is 22.0 Å². The van der Waals surface area contributed by atoms with Gasteiger partial charge in [-0.1, -0.05) is 6.07 Å². The number of rotatable bonds is 3. The molecule has 0 atom stereocenters. The Bertz CT molecular complexity index is 1180. The van der Waals surface area contributed by atoms with Crippen LogP contribution in [0.2, 0.25) is 0 Å². The van der Waals surface area contributed by atoms with Gasteiger partial charge in [-0.2, -0.15) is 0 Å². The first-order chi connectivity index (χ1) is 13.7. The Balaban J connectivity index is 1.46. The summed E-state index contributed by atoms with van der Waals surface area (Å²) in [4.78, 5) is 22.3. The van der Waals surface area contributed by atoms with Crippen LogP contribution in [0.4, 0.5) is 5.69 Å². The predicted molar refractivity (Wildman–Crippen MR) is 110 cm³/mol. The fraction of sp³-hybridized carbons (Fsp3) is 0.130. The van der Waals surface area contributed by atoms with Gasteiger partial charge in [-0.3, -0.25) is 9.78 Å². The van der Waals surface area contributed by atoms with Gasteiger partial charge in [-0.05, 0) is 65.6 Å². The highest BCUT2D eigenvalue weighted by molar-refractivity contribution is 6.08. The number of carbonyl (C=O) groups excluding carboxylic acids is 1. The van der Waals surface area contributed by atoms with Crippen LogP contribution >= 0.6 is 0 Å². The predicted octanol–water partition coefficient (Wildman–Crippen LogP) is 4.44.